The molecule has 3 heteroatoms. The van der Waals surface area contributed by atoms with Crippen LogP contribution < -0.4 is 4.74 Å². The summed E-state index contributed by atoms with van der Waals surface area (Å²) in [6.07, 6.45) is 4.98. The predicted molar refractivity (Wildman–Crippen MR) is 86.8 cm³/mol. The summed E-state index contributed by atoms with van der Waals surface area (Å²) in [5.41, 5.74) is 1.05. The predicted octanol–water partition coefficient (Wildman–Crippen LogP) is 3.25. The molecule has 0 aliphatic heterocycles. The van der Waals surface area contributed by atoms with Crippen molar-refractivity contribution in [2.24, 2.45) is 0 Å². The number of methoxy groups -OCH3 is 1. The first-order chi connectivity index (χ1) is 10.2. The standard InChI is InChI=1S/C18H29NO2/c1-4-19(5-2)18(12-8-9-13-18)17(20)14-15-10-6-7-11-16(15)21-3/h6-7,10-11,17,20H,4-5,8-9,12-14H2,1-3H3. The van der Waals surface area contributed by atoms with Gasteiger partial charge < -0.3 is 9.84 Å². The van der Waals surface area contributed by atoms with E-state index >= 15 is 0 Å². The summed E-state index contributed by atoms with van der Waals surface area (Å²) >= 11 is 0. The maximum Gasteiger partial charge on any atom is 0.122 e. The molecule has 118 valence electrons. The Morgan fingerprint density at radius 2 is 1.81 bits per heavy atom. The lowest BCUT2D eigenvalue weighted by Crippen LogP contribution is -2.55. The molecule has 0 aromatic heterocycles. The van der Waals surface area contributed by atoms with E-state index in [1.165, 1.54) is 12.8 Å². The van der Waals surface area contributed by atoms with Crippen molar-refractivity contribution < 1.29 is 9.84 Å². The van der Waals surface area contributed by atoms with E-state index in [4.69, 9.17) is 4.74 Å². The highest BCUT2D eigenvalue weighted by atomic mass is 16.5. The SMILES string of the molecule is CCN(CC)C1(C(O)Cc2ccccc2OC)CCCC1. The lowest BCUT2D eigenvalue weighted by atomic mass is 9.84. The summed E-state index contributed by atoms with van der Waals surface area (Å²) in [6, 6.07) is 8.03. The minimum absolute atomic E-state index is 0.0512. The molecule has 1 saturated carbocycles. The van der Waals surface area contributed by atoms with Crippen molar-refractivity contribution in [1.82, 2.24) is 4.90 Å². The molecule has 21 heavy (non-hydrogen) atoms. The second-order valence-corrected chi connectivity index (χ2v) is 6.01. The van der Waals surface area contributed by atoms with E-state index in [-0.39, 0.29) is 11.6 Å². The van der Waals surface area contributed by atoms with Crippen molar-refractivity contribution >= 4 is 0 Å². The zero-order valence-corrected chi connectivity index (χ0v) is 13.6. The minimum Gasteiger partial charge on any atom is -0.496 e. The van der Waals surface area contributed by atoms with Crippen LogP contribution in [0.2, 0.25) is 0 Å². The molecule has 1 atom stereocenters. The molecule has 1 aliphatic rings. The van der Waals surface area contributed by atoms with E-state index < -0.39 is 0 Å². The fraction of sp³-hybridized carbons (Fsp3) is 0.667. The van der Waals surface area contributed by atoms with E-state index in [0.29, 0.717) is 6.42 Å². The highest BCUT2D eigenvalue weighted by molar-refractivity contribution is 5.34. The molecule has 1 aliphatic carbocycles. The molecule has 1 unspecified atom stereocenters. The summed E-state index contributed by atoms with van der Waals surface area (Å²) in [7, 11) is 1.70. The first-order valence-corrected chi connectivity index (χ1v) is 8.23. The van der Waals surface area contributed by atoms with Gasteiger partial charge in [0.05, 0.1) is 13.2 Å². The maximum absolute atomic E-state index is 11.0. The van der Waals surface area contributed by atoms with Gasteiger partial charge in [0.2, 0.25) is 0 Å². The molecule has 3 nitrogen and oxygen atoms in total. The third kappa shape index (κ3) is 3.24. The Labute approximate surface area is 128 Å². The van der Waals surface area contributed by atoms with Gasteiger partial charge in [-0.15, -0.1) is 0 Å². The Balaban J connectivity index is 2.21. The van der Waals surface area contributed by atoms with Gasteiger partial charge in [0.1, 0.15) is 5.75 Å². The van der Waals surface area contributed by atoms with Crippen molar-refractivity contribution in [2.75, 3.05) is 20.2 Å². The molecule has 0 bridgehead atoms. The largest absolute Gasteiger partial charge is 0.496 e. The van der Waals surface area contributed by atoms with Crippen LogP contribution in [-0.4, -0.2) is 41.8 Å². The van der Waals surface area contributed by atoms with Gasteiger partial charge in [-0.25, -0.2) is 0 Å². The second kappa shape index (κ2) is 7.28. The van der Waals surface area contributed by atoms with E-state index in [2.05, 4.69) is 24.8 Å². The minimum atomic E-state index is -0.337. The number of rotatable bonds is 7. The number of para-hydroxylation sites is 1. The van der Waals surface area contributed by atoms with E-state index in [1.807, 2.05) is 18.2 Å². The monoisotopic (exact) mass is 291 g/mol. The van der Waals surface area contributed by atoms with Crippen LogP contribution in [0.15, 0.2) is 24.3 Å². The first kappa shape index (κ1) is 16.3. The van der Waals surface area contributed by atoms with Crippen LogP contribution in [-0.2, 0) is 6.42 Å². The van der Waals surface area contributed by atoms with Crippen LogP contribution in [0.4, 0.5) is 0 Å². The zero-order valence-electron chi connectivity index (χ0n) is 13.6. The van der Waals surface area contributed by atoms with Crippen molar-refractivity contribution in [1.29, 1.82) is 0 Å². The molecule has 1 fully saturated rings. The van der Waals surface area contributed by atoms with Crippen LogP contribution in [0, 0.1) is 0 Å². The fourth-order valence-electron chi connectivity index (χ4n) is 3.97. The molecular weight excluding hydrogens is 262 g/mol. The van der Waals surface area contributed by atoms with Crippen molar-refractivity contribution in [3.63, 3.8) is 0 Å². The molecular formula is C18H29NO2. The molecule has 0 amide bonds. The Kier molecular flexibility index (Phi) is 5.65. The van der Waals surface area contributed by atoms with Crippen LogP contribution in [0.3, 0.4) is 0 Å². The lowest BCUT2D eigenvalue weighted by Gasteiger charge is -2.44. The van der Waals surface area contributed by atoms with Crippen molar-refractivity contribution in [3.8, 4) is 5.75 Å². The number of ether oxygens (including phenoxy) is 1. The van der Waals surface area contributed by atoms with Crippen molar-refractivity contribution in [3.05, 3.63) is 29.8 Å². The van der Waals surface area contributed by atoms with Crippen LogP contribution in [0.5, 0.6) is 5.75 Å². The number of aliphatic hydroxyl groups excluding tert-OH is 1. The summed E-state index contributed by atoms with van der Waals surface area (Å²) in [4.78, 5) is 2.46. The Hall–Kier alpha value is -1.06. The number of hydrogen-bond acceptors (Lipinski definition) is 3. The molecule has 0 spiro atoms. The number of nitrogens with zero attached hydrogens (tertiary/aromatic N) is 1. The first-order valence-electron chi connectivity index (χ1n) is 8.23. The molecule has 0 radical (unpaired) electrons. The highest BCUT2D eigenvalue weighted by Gasteiger charge is 2.44. The number of hydrogen-bond donors (Lipinski definition) is 1. The topological polar surface area (TPSA) is 32.7 Å². The maximum atomic E-state index is 11.0. The summed E-state index contributed by atoms with van der Waals surface area (Å²) in [5, 5.41) is 11.0. The quantitative estimate of drug-likeness (QED) is 0.837. The van der Waals surface area contributed by atoms with Crippen LogP contribution in [0.1, 0.15) is 45.1 Å². The van der Waals surface area contributed by atoms with E-state index in [9.17, 15) is 5.11 Å². The number of benzene rings is 1. The Morgan fingerprint density at radius 3 is 2.38 bits per heavy atom. The van der Waals surface area contributed by atoms with Gasteiger partial charge in [-0.1, -0.05) is 44.9 Å². The molecule has 2 rings (SSSR count). The third-order valence-corrected chi connectivity index (χ3v) is 5.09. The van der Waals surface area contributed by atoms with E-state index in [1.54, 1.807) is 7.11 Å². The van der Waals surface area contributed by atoms with Gasteiger partial charge in [0.15, 0.2) is 0 Å². The Bertz CT molecular complexity index is 437. The Morgan fingerprint density at radius 1 is 1.19 bits per heavy atom. The molecule has 1 aromatic carbocycles. The normalized spacial score (nSPS) is 18.9. The van der Waals surface area contributed by atoms with Gasteiger partial charge in [-0.3, -0.25) is 4.90 Å². The zero-order chi connectivity index (χ0) is 15.3. The molecule has 1 N–H and O–H groups in total. The number of aliphatic hydroxyl groups is 1. The summed E-state index contributed by atoms with van der Waals surface area (Å²) in [6.45, 7) is 6.39. The third-order valence-electron chi connectivity index (χ3n) is 5.09. The molecule has 0 saturated heterocycles. The average molecular weight is 291 g/mol. The average Bonchev–Trinajstić information content (AvgIpc) is 3.00. The molecule has 1 aromatic rings. The van der Waals surface area contributed by atoms with Gasteiger partial charge in [-0.2, -0.15) is 0 Å². The van der Waals surface area contributed by atoms with Gasteiger partial charge in [-0.05, 0) is 37.6 Å². The van der Waals surface area contributed by atoms with Gasteiger partial charge in [0, 0.05) is 12.0 Å². The van der Waals surface area contributed by atoms with Crippen LogP contribution in [0.25, 0.3) is 0 Å². The summed E-state index contributed by atoms with van der Waals surface area (Å²) in [5.74, 6) is 0.879. The fourth-order valence-corrected chi connectivity index (χ4v) is 3.97. The van der Waals surface area contributed by atoms with Crippen molar-refractivity contribution in [2.45, 2.75) is 57.6 Å². The summed E-state index contributed by atoms with van der Waals surface area (Å²) < 4.78 is 5.43. The van der Waals surface area contributed by atoms with Gasteiger partial charge >= 0.3 is 0 Å². The van der Waals surface area contributed by atoms with Crippen LogP contribution >= 0.6 is 0 Å². The molecule has 0 heterocycles. The highest BCUT2D eigenvalue weighted by Crippen LogP contribution is 2.39. The van der Waals surface area contributed by atoms with Gasteiger partial charge in [0.25, 0.3) is 0 Å². The number of likely N-dealkylation sites (N-methyl/N-ethyl adjacent to an activating group) is 1. The second-order valence-electron chi connectivity index (χ2n) is 6.01. The smallest absolute Gasteiger partial charge is 0.122 e. The lowest BCUT2D eigenvalue weighted by molar-refractivity contribution is -0.0246. The van der Waals surface area contributed by atoms with E-state index in [0.717, 1.165) is 37.2 Å².